The molecule has 2 unspecified atom stereocenters. The van der Waals surface area contributed by atoms with E-state index >= 15 is 0 Å². The number of ether oxygens (including phenoxy) is 2. The van der Waals surface area contributed by atoms with E-state index in [-0.39, 0.29) is 6.10 Å². The first-order chi connectivity index (χ1) is 10.1. The fourth-order valence-electron chi connectivity index (χ4n) is 2.44. The minimum atomic E-state index is 0.238. The summed E-state index contributed by atoms with van der Waals surface area (Å²) in [5, 5.41) is 5.96. The van der Waals surface area contributed by atoms with E-state index in [9.17, 15) is 0 Å². The molecule has 0 aliphatic rings. The van der Waals surface area contributed by atoms with Gasteiger partial charge in [-0.15, -0.1) is 0 Å². The van der Waals surface area contributed by atoms with Gasteiger partial charge in [-0.3, -0.25) is 0 Å². The maximum Gasteiger partial charge on any atom is 0.119 e. The summed E-state index contributed by atoms with van der Waals surface area (Å²) in [6.07, 6.45) is 0.238. The molecule has 0 saturated heterocycles. The summed E-state index contributed by atoms with van der Waals surface area (Å²) in [5.41, 5.74) is 1.29. The Labute approximate surface area is 127 Å². The van der Waals surface area contributed by atoms with Crippen molar-refractivity contribution >= 4 is 10.8 Å². The highest BCUT2D eigenvalue weighted by Gasteiger charge is 2.08. The average molecular weight is 287 g/mol. The highest BCUT2D eigenvalue weighted by atomic mass is 16.5. The Bertz CT molecular complexity index is 582. The van der Waals surface area contributed by atoms with E-state index in [4.69, 9.17) is 9.47 Å². The van der Waals surface area contributed by atoms with Crippen molar-refractivity contribution in [2.75, 3.05) is 20.3 Å². The molecule has 0 spiro atoms. The van der Waals surface area contributed by atoms with Crippen LogP contribution in [0.3, 0.4) is 0 Å². The topological polar surface area (TPSA) is 30.5 Å². The minimum absolute atomic E-state index is 0.238. The van der Waals surface area contributed by atoms with Crippen molar-refractivity contribution in [2.24, 2.45) is 0 Å². The Kier molecular flexibility index (Phi) is 5.59. The Morgan fingerprint density at radius 3 is 2.48 bits per heavy atom. The molecule has 3 nitrogen and oxygen atoms in total. The SMILES string of the molecule is CCOC(C)CNC(C)c1ccc2cc(OC)ccc2c1. The lowest BCUT2D eigenvalue weighted by Gasteiger charge is -2.18. The second-order valence-electron chi connectivity index (χ2n) is 5.37. The van der Waals surface area contributed by atoms with Gasteiger partial charge in [0.15, 0.2) is 0 Å². The minimum Gasteiger partial charge on any atom is -0.497 e. The van der Waals surface area contributed by atoms with Crippen molar-refractivity contribution in [3.63, 3.8) is 0 Å². The molecule has 0 fully saturated rings. The van der Waals surface area contributed by atoms with E-state index in [1.54, 1.807) is 7.11 Å². The zero-order chi connectivity index (χ0) is 15.2. The first kappa shape index (κ1) is 15.8. The van der Waals surface area contributed by atoms with Gasteiger partial charge in [0.1, 0.15) is 5.75 Å². The molecule has 0 bridgehead atoms. The molecule has 3 heteroatoms. The summed E-state index contributed by atoms with van der Waals surface area (Å²) in [4.78, 5) is 0. The molecule has 21 heavy (non-hydrogen) atoms. The smallest absolute Gasteiger partial charge is 0.119 e. The average Bonchev–Trinajstić information content (AvgIpc) is 2.51. The van der Waals surface area contributed by atoms with E-state index in [0.717, 1.165) is 18.9 Å². The normalized spacial score (nSPS) is 14.1. The lowest BCUT2D eigenvalue weighted by Crippen LogP contribution is -2.29. The first-order valence-electron chi connectivity index (χ1n) is 7.56. The molecule has 1 N–H and O–H groups in total. The fraction of sp³-hybridized carbons (Fsp3) is 0.444. The third-order valence-electron chi connectivity index (χ3n) is 3.73. The van der Waals surface area contributed by atoms with Gasteiger partial charge in [-0.05, 0) is 55.3 Å². The van der Waals surface area contributed by atoms with E-state index < -0.39 is 0 Å². The molecule has 0 amide bonds. The van der Waals surface area contributed by atoms with Crippen LogP contribution in [0.25, 0.3) is 10.8 Å². The lowest BCUT2D eigenvalue weighted by atomic mass is 10.0. The van der Waals surface area contributed by atoms with Crippen LogP contribution < -0.4 is 10.1 Å². The first-order valence-corrected chi connectivity index (χ1v) is 7.56. The van der Waals surface area contributed by atoms with Crippen LogP contribution in [0.1, 0.15) is 32.4 Å². The highest BCUT2D eigenvalue weighted by molar-refractivity contribution is 5.84. The summed E-state index contributed by atoms with van der Waals surface area (Å²) < 4.78 is 10.8. The Hall–Kier alpha value is -1.58. The number of rotatable bonds is 7. The number of hydrogen-bond acceptors (Lipinski definition) is 3. The van der Waals surface area contributed by atoms with E-state index in [1.807, 2.05) is 13.0 Å². The van der Waals surface area contributed by atoms with Crippen LogP contribution in [0, 0.1) is 0 Å². The third-order valence-corrected chi connectivity index (χ3v) is 3.73. The zero-order valence-corrected chi connectivity index (χ0v) is 13.3. The van der Waals surface area contributed by atoms with Gasteiger partial charge in [0, 0.05) is 19.2 Å². The van der Waals surface area contributed by atoms with Gasteiger partial charge in [0.2, 0.25) is 0 Å². The van der Waals surface area contributed by atoms with Crippen LogP contribution >= 0.6 is 0 Å². The maximum absolute atomic E-state index is 5.55. The van der Waals surface area contributed by atoms with E-state index in [1.165, 1.54) is 16.3 Å². The standard InChI is InChI=1S/C18H25NO2/c1-5-21-13(2)12-19-14(3)15-6-7-17-11-18(20-4)9-8-16(17)10-15/h6-11,13-14,19H,5,12H2,1-4H3. The molecule has 0 aliphatic heterocycles. The largest absolute Gasteiger partial charge is 0.497 e. The van der Waals surface area contributed by atoms with Crippen LogP contribution in [0.5, 0.6) is 5.75 Å². The molecule has 2 atom stereocenters. The van der Waals surface area contributed by atoms with Crippen molar-refractivity contribution in [1.29, 1.82) is 0 Å². The van der Waals surface area contributed by atoms with Crippen molar-refractivity contribution in [3.8, 4) is 5.75 Å². The predicted molar refractivity (Wildman–Crippen MR) is 88.0 cm³/mol. The molecule has 0 aliphatic carbocycles. The zero-order valence-electron chi connectivity index (χ0n) is 13.3. The van der Waals surface area contributed by atoms with Crippen LogP contribution in [0.15, 0.2) is 36.4 Å². The van der Waals surface area contributed by atoms with Gasteiger partial charge in [0.25, 0.3) is 0 Å². The predicted octanol–water partition coefficient (Wildman–Crippen LogP) is 3.92. The molecular formula is C18H25NO2. The number of methoxy groups -OCH3 is 1. The quantitative estimate of drug-likeness (QED) is 0.837. The van der Waals surface area contributed by atoms with Gasteiger partial charge in [-0.2, -0.15) is 0 Å². The van der Waals surface area contributed by atoms with Crippen LogP contribution in [-0.4, -0.2) is 26.4 Å². The van der Waals surface area contributed by atoms with Crippen molar-refractivity contribution < 1.29 is 9.47 Å². The van der Waals surface area contributed by atoms with Crippen LogP contribution in [0.4, 0.5) is 0 Å². The summed E-state index contributed by atoms with van der Waals surface area (Å²) in [5.74, 6) is 0.895. The summed E-state index contributed by atoms with van der Waals surface area (Å²) >= 11 is 0. The second-order valence-corrected chi connectivity index (χ2v) is 5.37. The van der Waals surface area contributed by atoms with Gasteiger partial charge >= 0.3 is 0 Å². The maximum atomic E-state index is 5.55. The Morgan fingerprint density at radius 1 is 1.05 bits per heavy atom. The molecule has 0 aromatic heterocycles. The fourth-order valence-corrected chi connectivity index (χ4v) is 2.44. The number of benzene rings is 2. The molecular weight excluding hydrogens is 262 g/mol. The molecule has 2 aromatic carbocycles. The molecule has 114 valence electrons. The summed E-state index contributed by atoms with van der Waals surface area (Å²) in [7, 11) is 1.70. The van der Waals surface area contributed by atoms with E-state index in [0.29, 0.717) is 6.04 Å². The number of hydrogen-bond donors (Lipinski definition) is 1. The highest BCUT2D eigenvalue weighted by Crippen LogP contribution is 2.24. The Morgan fingerprint density at radius 2 is 1.76 bits per heavy atom. The van der Waals surface area contributed by atoms with Crippen LogP contribution in [0.2, 0.25) is 0 Å². The summed E-state index contributed by atoms with van der Waals surface area (Å²) in [6, 6.07) is 13.0. The molecule has 0 saturated carbocycles. The van der Waals surface area contributed by atoms with Crippen molar-refractivity contribution in [3.05, 3.63) is 42.0 Å². The van der Waals surface area contributed by atoms with Crippen molar-refractivity contribution in [2.45, 2.75) is 32.9 Å². The monoisotopic (exact) mass is 287 g/mol. The van der Waals surface area contributed by atoms with Gasteiger partial charge in [0.05, 0.1) is 13.2 Å². The molecule has 0 radical (unpaired) electrons. The van der Waals surface area contributed by atoms with Gasteiger partial charge < -0.3 is 14.8 Å². The molecule has 0 heterocycles. The number of nitrogens with one attached hydrogen (secondary N) is 1. The van der Waals surface area contributed by atoms with Crippen LogP contribution in [-0.2, 0) is 4.74 Å². The third kappa shape index (κ3) is 4.19. The number of fused-ring (bicyclic) bond motifs is 1. The Balaban J connectivity index is 2.07. The van der Waals surface area contributed by atoms with Gasteiger partial charge in [-0.25, -0.2) is 0 Å². The second kappa shape index (κ2) is 7.43. The molecule has 2 rings (SSSR count). The lowest BCUT2D eigenvalue weighted by molar-refractivity contribution is 0.0743. The summed E-state index contributed by atoms with van der Waals surface area (Å²) in [6.45, 7) is 7.92. The van der Waals surface area contributed by atoms with Gasteiger partial charge in [-0.1, -0.05) is 18.2 Å². The molecule has 2 aromatic rings. The van der Waals surface area contributed by atoms with Crippen molar-refractivity contribution in [1.82, 2.24) is 5.32 Å². The van der Waals surface area contributed by atoms with E-state index in [2.05, 4.69) is 49.5 Å².